The number of amides is 1. The van der Waals surface area contributed by atoms with E-state index in [-0.39, 0.29) is 17.8 Å². The van der Waals surface area contributed by atoms with Crippen LogP contribution in [0, 0.1) is 12.8 Å². The summed E-state index contributed by atoms with van der Waals surface area (Å²) < 4.78 is 5.03. The summed E-state index contributed by atoms with van der Waals surface area (Å²) >= 11 is 1.39. The lowest BCUT2D eigenvalue weighted by Crippen LogP contribution is -2.42. The van der Waals surface area contributed by atoms with Gasteiger partial charge in [0.05, 0.1) is 23.7 Å². The van der Waals surface area contributed by atoms with Gasteiger partial charge in [0.15, 0.2) is 0 Å². The molecule has 1 amide bonds. The first-order chi connectivity index (χ1) is 9.11. The molecule has 1 aliphatic rings. The third-order valence-corrected chi connectivity index (χ3v) is 4.06. The average Bonchev–Trinajstić information content (AvgIpc) is 2.85. The number of carbonyl (C=O) groups is 2. The van der Waals surface area contributed by atoms with Gasteiger partial charge < -0.3 is 9.64 Å². The van der Waals surface area contributed by atoms with E-state index >= 15 is 0 Å². The Kier molecular flexibility index (Phi) is 4.52. The van der Waals surface area contributed by atoms with E-state index in [1.165, 1.54) is 11.3 Å². The molecular formula is C13H18N2O3S. The second kappa shape index (κ2) is 6.14. The quantitative estimate of drug-likeness (QED) is 0.794. The molecule has 0 N–H and O–H groups in total. The van der Waals surface area contributed by atoms with Gasteiger partial charge in [-0.1, -0.05) is 0 Å². The number of rotatable bonds is 3. The Morgan fingerprint density at radius 1 is 1.58 bits per heavy atom. The van der Waals surface area contributed by atoms with Crippen molar-refractivity contribution in [2.45, 2.75) is 26.7 Å². The van der Waals surface area contributed by atoms with E-state index in [0.29, 0.717) is 24.6 Å². The van der Waals surface area contributed by atoms with Crippen LogP contribution in [0.25, 0.3) is 0 Å². The largest absolute Gasteiger partial charge is 0.466 e. The number of carbonyl (C=O) groups excluding carboxylic acids is 2. The molecule has 2 heterocycles. The van der Waals surface area contributed by atoms with Crippen LogP contribution in [0.1, 0.15) is 34.4 Å². The van der Waals surface area contributed by atoms with Gasteiger partial charge in [0.2, 0.25) is 0 Å². The van der Waals surface area contributed by atoms with Crippen molar-refractivity contribution in [2.75, 3.05) is 19.7 Å². The van der Waals surface area contributed by atoms with Crippen molar-refractivity contribution in [2.24, 2.45) is 5.92 Å². The summed E-state index contributed by atoms with van der Waals surface area (Å²) in [4.78, 5) is 30.5. The van der Waals surface area contributed by atoms with Gasteiger partial charge in [0.1, 0.15) is 4.88 Å². The van der Waals surface area contributed by atoms with Crippen LogP contribution in [0.3, 0.4) is 0 Å². The maximum absolute atomic E-state index is 12.3. The standard InChI is InChI=1S/C13H18N2O3S/c1-3-18-13(17)10-5-4-6-15(8-10)12(16)11-7-14-9(2)19-11/h7,10H,3-6,8H2,1-2H3/t10-/m0/s1. The molecule has 0 unspecified atom stereocenters. The second-order valence-corrected chi connectivity index (χ2v) is 5.82. The van der Waals surface area contributed by atoms with Crippen molar-refractivity contribution in [3.05, 3.63) is 16.1 Å². The molecule has 5 nitrogen and oxygen atoms in total. The Bertz CT molecular complexity index is 472. The predicted molar refractivity (Wildman–Crippen MR) is 72.1 cm³/mol. The molecule has 1 aromatic heterocycles. The van der Waals surface area contributed by atoms with Gasteiger partial charge in [-0.15, -0.1) is 11.3 Å². The molecule has 0 radical (unpaired) electrons. The number of esters is 1. The van der Waals surface area contributed by atoms with E-state index in [1.54, 1.807) is 18.0 Å². The molecular weight excluding hydrogens is 264 g/mol. The van der Waals surface area contributed by atoms with Crippen LogP contribution in [0.2, 0.25) is 0 Å². The Balaban J connectivity index is 2.01. The summed E-state index contributed by atoms with van der Waals surface area (Å²) in [5.74, 6) is -0.410. The van der Waals surface area contributed by atoms with Gasteiger partial charge in [-0.05, 0) is 26.7 Å². The Labute approximate surface area is 116 Å². The molecule has 0 aliphatic carbocycles. The zero-order valence-corrected chi connectivity index (χ0v) is 12.0. The van der Waals surface area contributed by atoms with Gasteiger partial charge in [0.25, 0.3) is 5.91 Å². The topological polar surface area (TPSA) is 59.5 Å². The van der Waals surface area contributed by atoms with Crippen molar-refractivity contribution < 1.29 is 14.3 Å². The fourth-order valence-corrected chi connectivity index (χ4v) is 2.98. The summed E-state index contributed by atoms with van der Waals surface area (Å²) in [7, 11) is 0. The summed E-state index contributed by atoms with van der Waals surface area (Å²) in [5.41, 5.74) is 0. The highest BCUT2D eigenvalue weighted by Crippen LogP contribution is 2.21. The number of thiazole rings is 1. The van der Waals surface area contributed by atoms with Crippen LogP contribution in [-0.4, -0.2) is 41.5 Å². The second-order valence-electron chi connectivity index (χ2n) is 4.59. The first kappa shape index (κ1) is 14.0. The molecule has 0 spiro atoms. The van der Waals surface area contributed by atoms with Crippen LogP contribution in [0.4, 0.5) is 0 Å². The molecule has 0 saturated carbocycles. The normalized spacial score (nSPS) is 19.3. The zero-order valence-electron chi connectivity index (χ0n) is 11.2. The van der Waals surface area contributed by atoms with Crippen LogP contribution >= 0.6 is 11.3 Å². The maximum atomic E-state index is 12.3. The number of aromatic nitrogens is 1. The summed E-state index contributed by atoms with van der Waals surface area (Å²) in [5, 5.41) is 0.877. The van der Waals surface area contributed by atoms with E-state index in [9.17, 15) is 9.59 Å². The van der Waals surface area contributed by atoms with Crippen molar-refractivity contribution >= 4 is 23.2 Å². The van der Waals surface area contributed by atoms with Gasteiger partial charge in [-0.3, -0.25) is 9.59 Å². The average molecular weight is 282 g/mol. The number of nitrogens with zero attached hydrogens (tertiary/aromatic N) is 2. The first-order valence-corrected chi connectivity index (χ1v) is 7.31. The SMILES string of the molecule is CCOC(=O)[C@H]1CCCN(C(=O)c2cnc(C)s2)C1. The summed E-state index contributed by atoms with van der Waals surface area (Å²) in [6, 6.07) is 0. The van der Waals surface area contributed by atoms with E-state index in [2.05, 4.69) is 4.98 Å². The van der Waals surface area contributed by atoms with Gasteiger partial charge in [0, 0.05) is 13.1 Å². The number of aryl methyl sites for hydroxylation is 1. The molecule has 1 aliphatic heterocycles. The molecule has 1 aromatic rings. The lowest BCUT2D eigenvalue weighted by atomic mass is 9.98. The third kappa shape index (κ3) is 3.32. The Morgan fingerprint density at radius 2 is 2.37 bits per heavy atom. The van der Waals surface area contributed by atoms with E-state index in [1.807, 2.05) is 6.92 Å². The Morgan fingerprint density at radius 3 is 3.00 bits per heavy atom. The molecule has 0 aromatic carbocycles. The predicted octanol–water partition coefficient (Wildman–Crippen LogP) is 1.87. The van der Waals surface area contributed by atoms with E-state index in [4.69, 9.17) is 4.74 Å². The van der Waals surface area contributed by atoms with E-state index < -0.39 is 0 Å². The van der Waals surface area contributed by atoms with Crippen molar-refractivity contribution in [1.29, 1.82) is 0 Å². The number of hydrogen-bond acceptors (Lipinski definition) is 5. The molecule has 2 rings (SSSR count). The van der Waals surface area contributed by atoms with Crippen molar-refractivity contribution in [3.8, 4) is 0 Å². The first-order valence-electron chi connectivity index (χ1n) is 6.50. The lowest BCUT2D eigenvalue weighted by Gasteiger charge is -2.31. The smallest absolute Gasteiger partial charge is 0.310 e. The fraction of sp³-hybridized carbons (Fsp3) is 0.615. The molecule has 6 heteroatoms. The third-order valence-electron chi connectivity index (χ3n) is 3.16. The zero-order chi connectivity index (χ0) is 13.8. The van der Waals surface area contributed by atoms with Crippen LogP contribution < -0.4 is 0 Å². The summed E-state index contributed by atoms with van der Waals surface area (Å²) in [6.45, 7) is 5.21. The van der Waals surface area contributed by atoms with Crippen molar-refractivity contribution in [1.82, 2.24) is 9.88 Å². The highest BCUT2D eigenvalue weighted by atomic mass is 32.1. The monoisotopic (exact) mass is 282 g/mol. The fourth-order valence-electron chi connectivity index (χ4n) is 2.23. The van der Waals surface area contributed by atoms with E-state index in [0.717, 1.165) is 17.8 Å². The molecule has 1 atom stereocenters. The Hall–Kier alpha value is -1.43. The minimum atomic E-state index is -0.194. The van der Waals surface area contributed by atoms with Gasteiger partial charge in [-0.2, -0.15) is 0 Å². The number of ether oxygens (including phenoxy) is 1. The minimum Gasteiger partial charge on any atom is -0.466 e. The minimum absolute atomic E-state index is 0.0281. The molecule has 104 valence electrons. The molecule has 1 fully saturated rings. The maximum Gasteiger partial charge on any atom is 0.310 e. The molecule has 19 heavy (non-hydrogen) atoms. The van der Waals surface area contributed by atoms with Gasteiger partial charge in [-0.25, -0.2) is 4.98 Å². The van der Waals surface area contributed by atoms with Gasteiger partial charge >= 0.3 is 5.97 Å². The van der Waals surface area contributed by atoms with Crippen LogP contribution in [-0.2, 0) is 9.53 Å². The lowest BCUT2D eigenvalue weighted by molar-refractivity contribution is -0.149. The highest BCUT2D eigenvalue weighted by molar-refractivity contribution is 7.13. The number of hydrogen-bond donors (Lipinski definition) is 0. The molecule has 0 bridgehead atoms. The molecule has 1 saturated heterocycles. The highest BCUT2D eigenvalue weighted by Gasteiger charge is 2.30. The van der Waals surface area contributed by atoms with Crippen LogP contribution in [0.5, 0.6) is 0 Å². The van der Waals surface area contributed by atoms with Crippen LogP contribution in [0.15, 0.2) is 6.20 Å². The summed E-state index contributed by atoms with van der Waals surface area (Å²) in [6.07, 6.45) is 3.24. The van der Waals surface area contributed by atoms with Crippen molar-refractivity contribution in [3.63, 3.8) is 0 Å². The number of likely N-dealkylation sites (tertiary alicyclic amines) is 1. The number of piperidine rings is 1.